The van der Waals surface area contributed by atoms with Crippen molar-refractivity contribution in [2.45, 2.75) is 51.1 Å². The Hall–Kier alpha value is -2.99. The maximum atomic E-state index is 13.6. The van der Waals surface area contributed by atoms with Gasteiger partial charge in [-0.25, -0.2) is 13.1 Å². The SMILES string of the molecule is COCn1nc(CCS(=O)(=O)[O-])cc1C1CC(C)(C2C(c3cccc(C(F)(F)F)c3)=Cc3ccccc32)CCO1. The molecule has 40 heavy (non-hydrogen) atoms. The minimum absolute atomic E-state index is 0.0298. The van der Waals surface area contributed by atoms with Crippen LogP contribution in [0.4, 0.5) is 13.2 Å². The second kappa shape index (κ2) is 10.8. The molecule has 2 heterocycles. The fraction of sp³-hybridized carbons (Fsp3) is 0.414. The highest BCUT2D eigenvalue weighted by atomic mass is 32.2. The van der Waals surface area contributed by atoms with E-state index in [0.29, 0.717) is 36.4 Å². The van der Waals surface area contributed by atoms with Gasteiger partial charge in [0.1, 0.15) is 6.73 Å². The van der Waals surface area contributed by atoms with E-state index in [2.05, 4.69) is 12.0 Å². The summed E-state index contributed by atoms with van der Waals surface area (Å²) >= 11 is 0. The third-order valence-corrected chi connectivity index (χ3v) is 8.55. The molecule has 1 aromatic heterocycles. The first kappa shape index (κ1) is 28.5. The number of halogens is 3. The van der Waals surface area contributed by atoms with Crippen molar-refractivity contribution in [2.24, 2.45) is 5.41 Å². The number of nitrogens with zero attached hydrogens (tertiary/aromatic N) is 2. The molecule has 2 aliphatic rings. The molecular weight excluding hydrogens is 545 g/mol. The Kier molecular flexibility index (Phi) is 7.68. The number of benzene rings is 2. The van der Waals surface area contributed by atoms with Gasteiger partial charge in [-0.15, -0.1) is 0 Å². The lowest BCUT2D eigenvalue weighted by molar-refractivity contribution is -0.137. The second-order valence-electron chi connectivity index (χ2n) is 10.7. The van der Waals surface area contributed by atoms with Crippen LogP contribution in [0.2, 0.25) is 0 Å². The van der Waals surface area contributed by atoms with E-state index < -0.39 is 39.1 Å². The fourth-order valence-corrected chi connectivity index (χ4v) is 6.45. The number of aryl methyl sites for hydroxylation is 1. The van der Waals surface area contributed by atoms with Crippen molar-refractivity contribution in [1.29, 1.82) is 0 Å². The summed E-state index contributed by atoms with van der Waals surface area (Å²) in [7, 11) is -2.89. The molecule has 0 spiro atoms. The van der Waals surface area contributed by atoms with E-state index in [0.717, 1.165) is 22.8 Å². The molecule has 3 unspecified atom stereocenters. The second-order valence-corrected chi connectivity index (χ2v) is 12.2. The number of hydrogen-bond acceptors (Lipinski definition) is 6. The molecule has 7 nitrogen and oxygen atoms in total. The molecule has 11 heteroatoms. The van der Waals surface area contributed by atoms with Gasteiger partial charge in [-0.2, -0.15) is 18.3 Å². The Morgan fingerprint density at radius 1 is 1.18 bits per heavy atom. The molecule has 3 atom stereocenters. The number of fused-ring (bicyclic) bond motifs is 1. The molecule has 1 aliphatic carbocycles. The average Bonchev–Trinajstić information content (AvgIpc) is 3.49. The van der Waals surface area contributed by atoms with Gasteiger partial charge in [0.15, 0.2) is 0 Å². The minimum atomic E-state index is -4.45. The summed E-state index contributed by atoms with van der Waals surface area (Å²) in [4.78, 5) is 0. The Labute approximate surface area is 231 Å². The van der Waals surface area contributed by atoms with Crippen LogP contribution in [0.25, 0.3) is 11.6 Å². The van der Waals surface area contributed by atoms with Crippen molar-refractivity contribution in [3.8, 4) is 0 Å². The molecule has 0 radical (unpaired) electrons. The number of allylic oxidation sites excluding steroid dienone is 1. The molecule has 1 aliphatic heterocycles. The molecule has 0 bridgehead atoms. The largest absolute Gasteiger partial charge is 0.748 e. The molecule has 1 saturated heterocycles. The lowest BCUT2D eigenvalue weighted by Gasteiger charge is -2.44. The zero-order valence-corrected chi connectivity index (χ0v) is 23.0. The van der Waals surface area contributed by atoms with Crippen molar-refractivity contribution in [1.82, 2.24) is 9.78 Å². The van der Waals surface area contributed by atoms with Crippen LogP contribution in [-0.2, 0) is 38.9 Å². The fourth-order valence-electron chi connectivity index (χ4n) is 5.99. The first-order valence-corrected chi connectivity index (χ1v) is 14.5. The summed E-state index contributed by atoms with van der Waals surface area (Å²) < 4.78 is 87.4. The van der Waals surface area contributed by atoms with Gasteiger partial charge in [0.2, 0.25) is 0 Å². The number of methoxy groups -OCH3 is 1. The number of alkyl halides is 3. The Balaban J connectivity index is 1.51. The predicted octanol–water partition coefficient (Wildman–Crippen LogP) is 5.79. The number of hydrogen-bond donors (Lipinski definition) is 0. The van der Waals surface area contributed by atoms with Gasteiger partial charge >= 0.3 is 6.18 Å². The highest BCUT2D eigenvalue weighted by Crippen LogP contribution is 2.58. The van der Waals surface area contributed by atoms with Crippen LogP contribution in [-0.4, -0.2) is 42.2 Å². The average molecular weight is 576 g/mol. The Morgan fingerprint density at radius 2 is 1.95 bits per heavy atom. The molecule has 2 aromatic carbocycles. The van der Waals surface area contributed by atoms with E-state index in [9.17, 15) is 26.1 Å². The van der Waals surface area contributed by atoms with Crippen molar-refractivity contribution in [3.05, 3.63) is 88.2 Å². The van der Waals surface area contributed by atoms with Crippen LogP contribution in [0, 0.1) is 5.41 Å². The van der Waals surface area contributed by atoms with Crippen molar-refractivity contribution >= 4 is 21.8 Å². The predicted molar refractivity (Wildman–Crippen MR) is 142 cm³/mol. The van der Waals surface area contributed by atoms with Gasteiger partial charge in [0.05, 0.1) is 33.2 Å². The summed E-state index contributed by atoms with van der Waals surface area (Å²) in [5, 5.41) is 4.45. The molecule has 0 saturated carbocycles. The lowest BCUT2D eigenvalue weighted by atomic mass is 9.64. The van der Waals surface area contributed by atoms with Crippen LogP contribution in [0.5, 0.6) is 0 Å². The molecule has 5 rings (SSSR count). The minimum Gasteiger partial charge on any atom is -0.748 e. The number of rotatable bonds is 8. The van der Waals surface area contributed by atoms with E-state index in [1.54, 1.807) is 16.8 Å². The molecule has 1 fully saturated rings. The topological polar surface area (TPSA) is 93.5 Å². The first-order valence-electron chi connectivity index (χ1n) is 13.0. The van der Waals surface area contributed by atoms with Gasteiger partial charge < -0.3 is 14.0 Å². The molecule has 214 valence electrons. The maximum absolute atomic E-state index is 13.6. The summed E-state index contributed by atoms with van der Waals surface area (Å²) in [6.45, 7) is 2.66. The van der Waals surface area contributed by atoms with Crippen LogP contribution in [0.3, 0.4) is 0 Å². The van der Waals surface area contributed by atoms with Gasteiger partial charge in [0, 0.05) is 31.8 Å². The number of ether oxygens (including phenoxy) is 2. The molecular formula is C29H30F3N2O5S-. The third-order valence-electron chi connectivity index (χ3n) is 7.84. The van der Waals surface area contributed by atoms with Gasteiger partial charge in [-0.1, -0.05) is 49.4 Å². The highest BCUT2D eigenvalue weighted by molar-refractivity contribution is 7.85. The Bertz CT molecular complexity index is 1530. The lowest BCUT2D eigenvalue weighted by Crippen LogP contribution is -2.35. The van der Waals surface area contributed by atoms with Crippen molar-refractivity contribution in [2.75, 3.05) is 19.5 Å². The van der Waals surface area contributed by atoms with E-state index in [-0.39, 0.29) is 19.1 Å². The van der Waals surface area contributed by atoms with Crippen LogP contribution >= 0.6 is 0 Å². The summed E-state index contributed by atoms with van der Waals surface area (Å²) in [6, 6.07) is 15.1. The summed E-state index contributed by atoms with van der Waals surface area (Å²) in [6.07, 6.45) is -1.70. The number of aromatic nitrogens is 2. The quantitative estimate of drug-likeness (QED) is 0.316. The van der Waals surface area contributed by atoms with E-state index >= 15 is 0 Å². The molecule has 0 amide bonds. The maximum Gasteiger partial charge on any atom is 0.416 e. The third kappa shape index (κ3) is 5.88. The normalized spacial score (nSPS) is 23.2. The molecule has 0 N–H and O–H groups in total. The summed E-state index contributed by atoms with van der Waals surface area (Å²) in [5.41, 5.74) is 3.47. The standard InChI is InChI=1S/C29H31F3N2O5S/c1-28(11-12-39-26(17-28)25-16-22(10-13-40(35,36)37)33-34(25)18-38-2)27-23-9-4-3-6-20(23)15-24(27)19-7-5-8-21(14-19)29(30,31)32/h3-9,14-16,26-27H,10-13,17-18H2,1-2H3,(H,35,36,37)/p-1. The highest BCUT2D eigenvalue weighted by Gasteiger charge is 2.46. The summed E-state index contributed by atoms with van der Waals surface area (Å²) in [5.74, 6) is -0.744. The molecule has 3 aromatic rings. The van der Waals surface area contributed by atoms with Gasteiger partial charge in [-0.3, -0.25) is 0 Å². The van der Waals surface area contributed by atoms with E-state index in [1.165, 1.54) is 19.2 Å². The van der Waals surface area contributed by atoms with Crippen LogP contribution < -0.4 is 0 Å². The smallest absolute Gasteiger partial charge is 0.416 e. The van der Waals surface area contributed by atoms with Crippen LogP contribution in [0.15, 0.2) is 54.6 Å². The monoisotopic (exact) mass is 575 g/mol. The van der Waals surface area contributed by atoms with Gasteiger partial charge in [-0.05, 0) is 58.7 Å². The Morgan fingerprint density at radius 3 is 2.67 bits per heavy atom. The van der Waals surface area contributed by atoms with Gasteiger partial charge in [0.25, 0.3) is 0 Å². The first-order chi connectivity index (χ1) is 18.9. The van der Waals surface area contributed by atoms with Crippen LogP contribution in [0.1, 0.15) is 65.4 Å². The zero-order valence-electron chi connectivity index (χ0n) is 22.1. The van der Waals surface area contributed by atoms with E-state index in [4.69, 9.17) is 9.47 Å². The van der Waals surface area contributed by atoms with Crippen molar-refractivity contribution in [3.63, 3.8) is 0 Å². The van der Waals surface area contributed by atoms with Crippen molar-refractivity contribution < 1.29 is 35.6 Å². The zero-order chi connectivity index (χ0) is 28.7. The van der Waals surface area contributed by atoms with E-state index in [1.807, 2.05) is 30.3 Å².